The molecule has 0 saturated carbocycles. The minimum Gasteiger partial charge on any atom is -0.480 e. The van der Waals surface area contributed by atoms with Gasteiger partial charge in [-0.25, -0.2) is 9.78 Å². The molecule has 0 aliphatic heterocycles. The van der Waals surface area contributed by atoms with E-state index in [1.165, 1.54) is 0 Å². The van der Waals surface area contributed by atoms with Crippen LogP contribution in [-0.4, -0.2) is 28.0 Å². The summed E-state index contributed by atoms with van der Waals surface area (Å²) in [6, 6.07) is 23.3. The van der Waals surface area contributed by atoms with Gasteiger partial charge in [-0.3, -0.25) is 4.79 Å². The monoisotopic (exact) mass is 396 g/mol. The first-order valence-electron chi connectivity index (χ1n) is 9.66. The van der Waals surface area contributed by atoms with Crippen LogP contribution in [0.5, 0.6) is 0 Å². The number of fused-ring (bicyclic) bond motifs is 2. The Labute approximate surface area is 173 Å². The molecular formula is C25H20N2O3. The maximum Gasteiger partial charge on any atom is 0.326 e. The molecular weight excluding hydrogens is 376 g/mol. The number of hydrogen-bond acceptors (Lipinski definition) is 3. The number of para-hydroxylation sites is 2. The number of nitrogens with zero attached hydrogens (tertiary/aromatic N) is 1. The molecule has 0 saturated heterocycles. The smallest absolute Gasteiger partial charge is 0.326 e. The SMILES string of the molecule is O=C(N[C@@H](C/C=C/c1ccccc1)C(=O)O)c1c2ccccc2nc2ccccc12. The summed E-state index contributed by atoms with van der Waals surface area (Å²) in [7, 11) is 0. The summed E-state index contributed by atoms with van der Waals surface area (Å²) in [4.78, 5) is 29.6. The van der Waals surface area contributed by atoms with Gasteiger partial charge >= 0.3 is 5.97 Å². The number of carboxylic acids is 1. The number of aromatic nitrogens is 1. The number of amides is 1. The number of hydrogen-bond donors (Lipinski definition) is 2. The van der Waals surface area contributed by atoms with E-state index in [0.717, 1.165) is 5.56 Å². The van der Waals surface area contributed by atoms with Crippen LogP contribution in [0.25, 0.3) is 27.9 Å². The number of rotatable bonds is 6. The summed E-state index contributed by atoms with van der Waals surface area (Å²) in [6.45, 7) is 0. The topological polar surface area (TPSA) is 79.3 Å². The maximum absolute atomic E-state index is 13.2. The van der Waals surface area contributed by atoms with E-state index in [-0.39, 0.29) is 6.42 Å². The fourth-order valence-corrected chi connectivity index (χ4v) is 3.44. The Balaban J connectivity index is 1.65. The Morgan fingerprint density at radius 2 is 1.43 bits per heavy atom. The van der Waals surface area contributed by atoms with E-state index < -0.39 is 17.9 Å². The summed E-state index contributed by atoms with van der Waals surface area (Å²) in [5, 5.41) is 13.7. The average molecular weight is 396 g/mol. The van der Waals surface area contributed by atoms with Gasteiger partial charge in [0.2, 0.25) is 0 Å². The molecule has 148 valence electrons. The number of carbonyl (C=O) groups is 2. The van der Waals surface area contributed by atoms with Crippen molar-refractivity contribution in [2.45, 2.75) is 12.5 Å². The molecule has 0 aliphatic carbocycles. The van der Waals surface area contributed by atoms with Gasteiger partial charge in [0.15, 0.2) is 0 Å². The molecule has 3 aromatic carbocycles. The van der Waals surface area contributed by atoms with E-state index in [1.54, 1.807) is 6.08 Å². The highest BCUT2D eigenvalue weighted by atomic mass is 16.4. The summed E-state index contributed by atoms with van der Waals surface area (Å²) in [6.07, 6.45) is 3.79. The van der Waals surface area contributed by atoms with Gasteiger partial charge in [0.25, 0.3) is 5.91 Å². The first-order chi connectivity index (χ1) is 14.6. The van der Waals surface area contributed by atoms with E-state index in [4.69, 9.17) is 0 Å². The summed E-state index contributed by atoms with van der Waals surface area (Å²) in [5.41, 5.74) is 2.79. The molecule has 1 amide bonds. The largest absolute Gasteiger partial charge is 0.480 e. The Hall–Kier alpha value is -3.99. The quantitative estimate of drug-likeness (QED) is 0.464. The van der Waals surface area contributed by atoms with Crippen molar-refractivity contribution in [3.63, 3.8) is 0 Å². The van der Waals surface area contributed by atoms with Crippen LogP contribution in [0.15, 0.2) is 84.9 Å². The van der Waals surface area contributed by atoms with Gasteiger partial charge in [-0.2, -0.15) is 0 Å². The zero-order chi connectivity index (χ0) is 20.9. The molecule has 0 unspecified atom stereocenters. The standard InChI is InChI=1S/C25H20N2O3/c28-24(27-22(25(29)30)16-8-11-17-9-2-1-3-10-17)23-18-12-4-6-14-20(18)26-21-15-7-5-13-19(21)23/h1-15,22H,16H2,(H,27,28)(H,29,30)/b11-8+/t22-/m0/s1. The third kappa shape index (κ3) is 4.05. The lowest BCUT2D eigenvalue weighted by Crippen LogP contribution is -2.40. The summed E-state index contributed by atoms with van der Waals surface area (Å²) >= 11 is 0. The third-order valence-corrected chi connectivity index (χ3v) is 4.90. The number of nitrogens with one attached hydrogen (secondary N) is 1. The number of aliphatic carboxylic acids is 1. The Morgan fingerprint density at radius 3 is 2.03 bits per heavy atom. The molecule has 30 heavy (non-hydrogen) atoms. The number of carboxylic acid groups (broad SMARTS) is 1. The first-order valence-corrected chi connectivity index (χ1v) is 9.66. The molecule has 5 nitrogen and oxygen atoms in total. The van der Waals surface area contributed by atoms with Gasteiger partial charge in [0.05, 0.1) is 16.6 Å². The van der Waals surface area contributed by atoms with Crippen molar-refractivity contribution in [3.8, 4) is 0 Å². The molecule has 1 atom stereocenters. The molecule has 5 heteroatoms. The third-order valence-electron chi connectivity index (χ3n) is 4.90. The molecule has 0 spiro atoms. The molecule has 2 N–H and O–H groups in total. The van der Waals surface area contributed by atoms with Crippen LogP contribution in [0.2, 0.25) is 0 Å². The van der Waals surface area contributed by atoms with Crippen molar-refractivity contribution in [1.82, 2.24) is 10.3 Å². The summed E-state index contributed by atoms with van der Waals surface area (Å²) in [5.74, 6) is -1.51. The van der Waals surface area contributed by atoms with Crippen molar-refractivity contribution in [2.24, 2.45) is 0 Å². The van der Waals surface area contributed by atoms with E-state index in [1.807, 2.05) is 84.9 Å². The van der Waals surface area contributed by atoms with Crippen LogP contribution in [0.3, 0.4) is 0 Å². The van der Waals surface area contributed by atoms with Crippen LogP contribution >= 0.6 is 0 Å². The molecule has 4 rings (SSSR count). The second-order valence-electron chi connectivity index (χ2n) is 6.93. The Bertz CT molecular complexity index is 1200. The van der Waals surface area contributed by atoms with Crippen LogP contribution in [0, 0.1) is 0 Å². The van der Waals surface area contributed by atoms with E-state index in [9.17, 15) is 14.7 Å². The molecule has 0 radical (unpaired) electrons. The van der Waals surface area contributed by atoms with Crippen LogP contribution in [0.4, 0.5) is 0 Å². The maximum atomic E-state index is 13.2. The predicted octanol–water partition coefficient (Wildman–Crippen LogP) is 4.67. The minimum absolute atomic E-state index is 0.177. The van der Waals surface area contributed by atoms with Crippen molar-refractivity contribution < 1.29 is 14.7 Å². The molecule has 1 heterocycles. The van der Waals surface area contributed by atoms with Crippen molar-refractivity contribution in [1.29, 1.82) is 0 Å². The van der Waals surface area contributed by atoms with Gasteiger partial charge in [0, 0.05) is 10.8 Å². The molecule has 0 aliphatic rings. The van der Waals surface area contributed by atoms with Gasteiger partial charge in [-0.05, 0) is 24.1 Å². The second-order valence-corrected chi connectivity index (χ2v) is 6.93. The second kappa shape index (κ2) is 8.57. The Morgan fingerprint density at radius 1 is 0.867 bits per heavy atom. The highest BCUT2D eigenvalue weighted by molar-refractivity contribution is 6.16. The minimum atomic E-state index is -1.08. The van der Waals surface area contributed by atoms with Crippen LogP contribution in [-0.2, 0) is 4.79 Å². The molecule has 0 bridgehead atoms. The Kier molecular flexibility index (Phi) is 5.52. The van der Waals surface area contributed by atoms with Crippen molar-refractivity contribution in [2.75, 3.05) is 0 Å². The van der Waals surface area contributed by atoms with E-state index >= 15 is 0 Å². The highest BCUT2D eigenvalue weighted by Crippen LogP contribution is 2.26. The van der Waals surface area contributed by atoms with Gasteiger partial charge in [-0.15, -0.1) is 0 Å². The lowest BCUT2D eigenvalue weighted by molar-refractivity contribution is -0.139. The fraction of sp³-hybridized carbons (Fsp3) is 0.0800. The lowest BCUT2D eigenvalue weighted by atomic mass is 10.0. The number of benzene rings is 3. The van der Waals surface area contributed by atoms with Gasteiger partial charge in [-0.1, -0.05) is 78.9 Å². The van der Waals surface area contributed by atoms with E-state index in [2.05, 4.69) is 10.3 Å². The van der Waals surface area contributed by atoms with Crippen molar-refractivity contribution in [3.05, 3.63) is 96.1 Å². The highest BCUT2D eigenvalue weighted by Gasteiger charge is 2.22. The average Bonchev–Trinajstić information content (AvgIpc) is 2.77. The predicted molar refractivity (Wildman–Crippen MR) is 118 cm³/mol. The van der Waals surface area contributed by atoms with Crippen molar-refractivity contribution >= 4 is 39.8 Å². The normalized spacial score (nSPS) is 12.3. The number of carbonyl (C=O) groups excluding carboxylic acids is 1. The van der Waals surface area contributed by atoms with Crippen LogP contribution in [0.1, 0.15) is 22.3 Å². The lowest BCUT2D eigenvalue weighted by Gasteiger charge is -2.15. The number of pyridine rings is 1. The zero-order valence-electron chi connectivity index (χ0n) is 16.2. The van der Waals surface area contributed by atoms with E-state index in [0.29, 0.717) is 27.4 Å². The molecule has 1 aromatic heterocycles. The fourth-order valence-electron chi connectivity index (χ4n) is 3.44. The first kappa shape index (κ1) is 19.3. The van der Waals surface area contributed by atoms with Gasteiger partial charge in [0.1, 0.15) is 6.04 Å². The molecule has 4 aromatic rings. The van der Waals surface area contributed by atoms with Crippen LogP contribution < -0.4 is 5.32 Å². The summed E-state index contributed by atoms with van der Waals surface area (Å²) < 4.78 is 0. The van der Waals surface area contributed by atoms with Gasteiger partial charge < -0.3 is 10.4 Å². The molecule has 0 fully saturated rings. The zero-order valence-corrected chi connectivity index (χ0v) is 16.2.